The number of rotatable bonds is 10. The van der Waals surface area contributed by atoms with Crippen LogP contribution in [0.1, 0.15) is 44.0 Å². The van der Waals surface area contributed by atoms with E-state index in [1.54, 1.807) is 0 Å². The van der Waals surface area contributed by atoms with Gasteiger partial charge in [0.25, 0.3) is 0 Å². The van der Waals surface area contributed by atoms with Gasteiger partial charge in [-0.3, -0.25) is 14.5 Å². The Hall–Kier alpha value is -2.09. The Bertz CT molecular complexity index is 640. The van der Waals surface area contributed by atoms with E-state index in [1.165, 1.54) is 5.69 Å². The molecule has 0 radical (unpaired) electrons. The van der Waals surface area contributed by atoms with Crippen LogP contribution in [-0.2, 0) is 11.3 Å². The van der Waals surface area contributed by atoms with E-state index < -0.39 is 0 Å². The van der Waals surface area contributed by atoms with Gasteiger partial charge in [-0.15, -0.1) is 0 Å². The number of carbonyl (C=O) groups excluding carboxylic acids is 1. The van der Waals surface area contributed by atoms with E-state index in [4.69, 9.17) is 5.73 Å². The van der Waals surface area contributed by atoms with E-state index in [0.717, 1.165) is 83.2 Å². The summed E-state index contributed by atoms with van der Waals surface area (Å²) in [6, 6.07) is 2.10. The highest BCUT2D eigenvalue weighted by atomic mass is 16.1. The number of piperidine rings is 1. The molecule has 4 N–H and O–H groups in total. The molecular formula is C20H37N7O. The van der Waals surface area contributed by atoms with Crippen molar-refractivity contribution in [2.24, 2.45) is 16.6 Å². The lowest BCUT2D eigenvalue weighted by Crippen LogP contribution is -2.43. The molecule has 1 aromatic heterocycles. The number of amides is 1. The van der Waals surface area contributed by atoms with Crippen molar-refractivity contribution in [1.82, 2.24) is 25.3 Å². The van der Waals surface area contributed by atoms with Crippen LogP contribution in [0, 0.1) is 19.8 Å². The van der Waals surface area contributed by atoms with Crippen molar-refractivity contribution >= 4 is 11.9 Å². The first-order chi connectivity index (χ1) is 13.5. The number of nitrogens with one attached hydrogen (secondary N) is 2. The summed E-state index contributed by atoms with van der Waals surface area (Å²) in [6.07, 6.45) is 3.96. The molecule has 2 rings (SSSR count). The van der Waals surface area contributed by atoms with Crippen LogP contribution in [-0.4, -0.2) is 65.8 Å². The molecule has 1 unspecified atom stereocenters. The van der Waals surface area contributed by atoms with Gasteiger partial charge in [-0.05, 0) is 65.6 Å². The summed E-state index contributed by atoms with van der Waals surface area (Å²) in [5.41, 5.74) is 7.71. The van der Waals surface area contributed by atoms with E-state index in [2.05, 4.69) is 45.5 Å². The Balaban J connectivity index is 1.66. The van der Waals surface area contributed by atoms with E-state index in [1.807, 2.05) is 11.6 Å². The fraction of sp³-hybridized carbons (Fsp3) is 0.750. The minimum atomic E-state index is -0.162. The molecule has 1 saturated heterocycles. The average Bonchev–Trinajstić information content (AvgIpc) is 2.99. The van der Waals surface area contributed by atoms with Crippen LogP contribution in [0.25, 0.3) is 0 Å². The Morgan fingerprint density at radius 3 is 2.82 bits per heavy atom. The summed E-state index contributed by atoms with van der Waals surface area (Å²) < 4.78 is 2.04. The molecule has 1 aliphatic rings. The molecular weight excluding hydrogens is 354 g/mol. The normalized spacial score (nSPS) is 18.2. The molecule has 0 aliphatic carbocycles. The van der Waals surface area contributed by atoms with Gasteiger partial charge in [0.15, 0.2) is 5.96 Å². The van der Waals surface area contributed by atoms with E-state index in [-0.39, 0.29) is 11.8 Å². The zero-order valence-electron chi connectivity index (χ0n) is 17.7. The number of aromatic nitrogens is 2. The fourth-order valence-corrected chi connectivity index (χ4v) is 3.65. The number of hydrogen-bond donors (Lipinski definition) is 3. The zero-order valence-corrected chi connectivity index (χ0v) is 17.7. The third-order valence-electron chi connectivity index (χ3n) is 5.10. The van der Waals surface area contributed by atoms with Crippen molar-refractivity contribution in [1.29, 1.82) is 0 Å². The lowest BCUT2D eigenvalue weighted by molar-refractivity contribution is -0.123. The first kappa shape index (κ1) is 22.2. The molecule has 1 fully saturated rings. The maximum Gasteiger partial charge on any atom is 0.221 e. The number of nitrogens with zero attached hydrogens (tertiary/aromatic N) is 4. The number of nitrogens with two attached hydrogens (primary N) is 1. The Morgan fingerprint density at radius 1 is 1.32 bits per heavy atom. The maximum atomic E-state index is 11.4. The first-order valence-corrected chi connectivity index (χ1v) is 10.5. The number of hydrogen-bond acceptors (Lipinski definition) is 4. The molecule has 0 bridgehead atoms. The largest absolute Gasteiger partial charge is 0.369 e. The third kappa shape index (κ3) is 7.50. The van der Waals surface area contributed by atoms with Crippen LogP contribution < -0.4 is 16.4 Å². The van der Waals surface area contributed by atoms with Crippen molar-refractivity contribution in [3.8, 4) is 0 Å². The molecule has 8 nitrogen and oxygen atoms in total. The average molecular weight is 392 g/mol. The molecule has 0 spiro atoms. The van der Waals surface area contributed by atoms with Crippen LogP contribution in [0.15, 0.2) is 11.1 Å². The van der Waals surface area contributed by atoms with E-state index in [0.29, 0.717) is 0 Å². The van der Waals surface area contributed by atoms with Crippen molar-refractivity contribution in [2.45, 2.75) is 53.0 Å². The Morgan fingerprint density at radius 2 is 2.14 bits per heavy atom. The third-order valence-corrected chi connectivity index (χ3v) is 5.10. The summed E-state index contributed by atoms with van der Waals surface area (Å²) in [7, 11) is 0. The van der Waals surface area contributed by atoms with Gasteiger partial charge in [-0.1, -0.05) is 0 Å². The Kier molecular flexibility index (Phi) is 9.27. The molecule has 1 atom stereocenters. The monoisotopic (exact) mass is 391 g/mol. The van der Waals surface area contributed by atoms with Crippen LogP contribution in [0.5, 0.6) is 0 Å². The Labute approximate surface area is 168 Å². The van der Waals surface area contributed by atoms with Gasteiger partial charge in [0, 0.05) is 38.4 Å². The molecule has 158 valence electrons. The van der Waals surface area contributed by atoms with Gasteiger partial charge in [-0.2, -0.15) is 5.10 Å². The van der Waals surface area contributed by atoms with Crippen molar-refractivity contribution in [3.05, 3.63) is 17.5 Å². The highest BCUT2D eigenvalue weighted by Gasteiger charge is 2.23. The van der Waals surface area contributed by atoms with Crippen LogP contribution in [0.3, 0.4) is 0 Å². The first-order valence-electron chi connectivity index (χ1n) is 10.5. The minimum absolute atomic E-state index is 0.0165. The number of primary amides is 1. The number of aliphatic imine (C=N–C) groups is 1. The van der Waals surface area contributed by atoms with E-state index >= 15 is 0 Å². The molecule has 2 heterocycles. The number of guanidine groups is 1. The summed E-state index contributed by atoms with van der Waals surface area (Å²) in [6.45, 7) is 12.4. The van der Waals surface area contributed by atoms with Gasteiger partial charge in [0.1, 0.15) is 0 Å². The van der Waals surface area contributed by atoms with Gasteiger partial charge < -0.3 is 21.3 Å². The second kappa shape index (κ2) is 11.7. The SMILES string of the molecule is CCNC(=NCCCn1nc(C)cc1C)NCCCN1CCCC(C(N)=O)C1. The van der Waals surface area contributed by atoms with Crippen LogP contribution in [0.2, 0.25) is 0 Å². The lowest BCUT2D eigenvalue weighted by Gasteiger charge is -2.31. The lowest BCUT2D eigenvalue weighted by atomic mass is 9.97. The smallest absolute Gasteiger partial charge is 0.221 e. The molecule has 0 aromatic carbocycles. The van der Waals surface area contributed by atoms with Crippen molar-refractivity contribution < 1.29 is 4.79 Å². The predicted octanol–water partition coefficient (Wildman–Crippen LogP) is 1.03. The van der Waals surface area contributed by atoms with Gasteiger partial charge in [-0.25, -0.2) is 0 Å². The second-order valence-corrected chi connectivity index (χ2v) is 7.59. The molecule has 8 heteroatoms. The van der Waals surface area contributed by atoms with Crippen LogP contribution >= 0.6 is 0 Å². The number of likely N-dealkylation sites (tertiary alicyclic amines) is 1. The standard InChI is InChI=1S/C20H37N7O/c1-4-22-20(24-10-7-13-27-17(3)14-16(2)25-27)23-9-6-12-26-11-5-8-18(15-26)19(21)28/h14,18H,4-13,15H2,1-3H3,(H2,21,28)(H2,22,23,24). The van der Waals surface area contributed by atoms with Gasteiger partial charge in [0.2, 0.25) is 5.91 Å². The predicted molar refractivity (Wildman–Crippen MR) is 113 cm³/mol. The molecule has 28 heavy (non-hydrogen) atoms. The summed E-state index contributed by atoms with van der Waals surface area (Å²) in [5, 5.41) is 11.2. The molecule has 1 amide bonds. The number of aryl methyl sites for hydroxylation is 3. The molecule has 1 aliphatic heterocycles. The summed E-state index contributed by atoms with van der Waals surface area (Å²) in [4.78, 5) is 18.4. The zero-order chi connectivity index (χ0) is 20.4. The van der Waals surface area contributed by atoms with Crippen molar-refractivity contribution in [3.63, 3.8) is 0 Å². The molecule has 0 saturated carbocycles. The maximum absolute atomic E-state index is 11.4. The second-order valence-electron chi connectivity index (χ2n) is 7.59. The van der Waals surface area contributed by atoms with Gasteiger partial charge >= 0.3 is 0 Å². The number of carbonyl (C=O) groups is 1. The quantitative estimate of drug-likeness (QED) is 0.314. The topological polar surface area (TPSA) is 101 Å². The highest BCUT2D eigenvalue weighted by Crippen LogP contribution is 2.15. The van der Waals surface area contributed by atoms with Crippen LogP contribution in [0.4, 0.5) is 0 Å². The van der Waals surface area contributed by atoms with Gasteiger partial charge in [0.05, 0.1) is 11.6 Å². The fourth-order valence-electron chi connectivity index (χ4n) is 3.65. The highest BCUT2D eigenvalue weighted by molar-refractivity contribution is 5.79. The summed E-state index contributed by atoms with van der Waals surface area (Å²) >= 11 is 0. The van der Waals surface area contributed by atoms with Crippen molar-refractivity contribution in [2.75, 3.05) is 39.3 Å². The van der Waals surface area contributed by atoms with E-state index in [9.17, 15) is 4.79 Å². The molecule has 1 aromatic rings. The minimum Gasteiger partial charge on any atom is -0.369 e. The summed E-state index contributed by atoms with van der Waals surface area (Å²) in [5.74, 6) is 0.720.